The van der Waals surface area contributed by atoms with Gasteiger partial charge in [0, 0.05) is 23.7 Å². The van der Waals surface area contributed by atoms with Gasteiger partial charge in [0.25, 0.3) is 5.91 Å². The van der Waals surface area contributed by atoms with Crippen LogP contribution in [-0.2, 0) is 0 Å². The number of amides is 1. The summed E-state index contributed by atoms with van der Waals surface area (Å²) in [5, 5.41) is 7.33. The number of nitrogens with one attached hydrogen (secondary N) is 2. The number of halogens is 2. The third kappa shape index (κ3) is 4.09. The van der Waals surface area contributed by atoms with E-state index in [0.29, 0.717) is 18.2 Å². The lowest BCUT2D eigenvalue weighted by molar-refractivity contribution is 0.0952. The monoisotopic (exact) mass is 341 g/mol. The Kier molecular flexibility index (Phi) is 7.07. The summed E-state index contributed by atoms with van der Waals surface area (Å²) in [5.41, 5.74) is 2.45. The Bertz CT molecular complexity index is 642. The minimum absolute atomic E-state index is 0. The van der Waals surface area contributed by atoms with Gasteiger partial charge >= 0.3 is 0 Å². The summed E-state index contributed by atoms with van der Waals surface area (Å²) in [4.78, 5) is 16.9. The Labute approximate surface area is 142 Å². The Hall–Kier alpha value is -1.36. The van der Waals surface area contributed by atoms with Gasteiger partial charge in [-0.05, 0) is 38.4 Å². The summed E-state index contributed by atoms with van der Waals surface area (Å²) in [5.74, 6) is -0.0135. The molecule has 1 unspecified atom stereocenters. The molecule has 3 rings (SSSR count). The number of pyridine rings is 1. The fraction of sp³-hybridized carbons (Fsp3) is 0.375. The highest BCUT2D eigenvalue weighted by Crippen LogP contribution is 2.18. The summed E-state index contributed by atoms with van der Waals surface area (Å²) in [6.45, 7) is 3.66. The average Bonchev–Trinajstić information content (AvgIpc) is 2.97. The Morgan fingerprint density at radius 2 is 2.14 bits per heavy atom. The molecule has 6 heteroatoms. The van der Waals surface area contributed by atoms with Crippen LogP contribution in [0.2, 0.25) is 0 Å². The number of hydrogen-bond donors (Lipinski definition) is 2. The maximum Gasteiger partial charge on any atom is 0.252 e. The van der Waals surface area contributed by atoms with Gasteiger partial charge in [-0.2, -0.15) is 0 Å². The molecule has 120 valence electrons. The highest BCUT2D eigenvalue weighted by atomic mass is 35.5. The lowest BCUT2D eigenvalue weighted by atomic mass is 10.1. The van der Waals surface area contributed by atoms with Crippen LogP contribution in [-0.4, -0.2) is 30.0 Å². The van der Waals surface area contributed by atoms with Crippen LogP contribution in [0.25, 0.3) is 10.9 Å². The molecular weight excluding hydrogens is 321 g/mol. The zero-order valence-corrected chi connectivity index (χ0v) is 14.1. The lowest BCUT2D eigenvalue weighted by Gasteiger charge is -2.13. The van der Waals surface area contributed by atoms with Crippen molar-refractivity contribution < 1.29 is 4.79 Å². The van der Waals surface area contributed by atoms with E-state index in [9.17, 15) is 4.79 Å². The van der Waals surface area contributed by atoms with Crippen molar-refractivity contribution in [1.29, 1.82) is 0 Å². The van der Waals surface area contributed by atoms with E-state index in [1.807, 2.05) is 37.3 Å². The zero-order chi connectivity index (χ0) is 13.9. The molecule has 2 heterocycles. The molecule has 0 spiro atoms. The van der Waals surface area contributed by atoms with Crippen molar-refractivity contribution in [1.82, 2.24) is 15.6 Å². The van der Waals surface area contributed by atoms with Gasteiger partial charge in [0.1, 0.15) is 0 Å². The van der Waals surface area contributed by atoms with E-state index in [2.05, 4.69) is 15.6 Å². The molecule has 1 aromatic heterocycles. The molecule has 1 aliphatic heterocycles. The molecule has 4 nitrogen and oxygen atoms in total. The number of rotatable bonds is 3. The van der Waals surface area contributed by atoms with Crippen molar-refractivity contribution in [3.05, 3.63) is 41.6 Å². The summed E-state index contributed by atoms with van der Waals surface area (Å²) in [6.07, 6.45) is 2.33. The van der Waals surface area contributed by atoms with E-state index in [1.54, 1.807) is 0 Å². The first-order valence-corrected chi connectivity index (χ1v) is 7.12. The largest absolute Gasteiger partial charge is 0.350 e. The molecule has 1 aromatic carbocycles. The fourth-order valence-corrected chi connectivity index (χ4v) is 2.74. The van der Waals surface area contributed by atoms with Crippen LogP contribution >= 0.6 is 24.8 Å². The van der Waals surface area contributed by atoms with Crippen molar-refractivity contribution in [3.63, 3.8) is 0 Å². The molecule has 2 aromatic rings. The van der Waals surface area contributed by atoms with Gasteiger partial charge in [-0.25, -0.2) is 0 Å². The van der Waals surface area contributed by atoms with Crippen molar-refractivity contribution >= 4 is 41.6 Å². The smallest absolute Gasteiger partial charge is 0.252 e. The minimum atomic E-state index is -0.0135. The predicted octanol–water partition coefficient (Wildman–Crippen LogP) is 2.87. The van der Waals surface area contributed by atoms with Gasteiger partial charge in [-0.3, -0.25) is 9.78 Å². The molecule has 22 heavy (non-hydrogen) atoms. The molecule has 0 radical (unpaired) electrons. The van der Waals surface area contributed by atoms with E-state index in [-0.39, 0.29) is 30.7 Å². The van der Waals surface area contributed by atoms with Crippen LogP contribution in [0, 0.1) is 6.92 Å². The SMILES string of the molecule is Cc1cc(C(=O)NCC2CCCN2)c2ccccc2n1.Cl.Cl. The number of aryl methyl sites for hydroxylation is 1. The summed E-state index contributed by atoms with van der Waals surface area (Å²) < 4.78 is 0. The van der Waals surface area contributed by atoms with Crippen LogP contribution in [0.15, 0.2) is 30.3 Å². The maximum atomic E-state index is 12.4. The van der Waals surface area contributed by atoms with Crippen molar-refractivity contribution in [2.75, 3.05) is 13.1 Å². The first kappa shape index (κ1) is 18.7. The molecule has 0 bridgehead atoms. The molecular formula is C16H21Cl2N3O. The topological polar surface area (TPSA) is 54.0 Å². The van der Waals surface area contributed by atoms with Gasteiger partial charge in [0.05, 0.1) is 11.1 Å². The van der Waals surface area contributed by atoms with E-state index in [1.165, 1.54) is 6.42 Å². The van der Waals surface area contributed by atoms with E-state index in [4.69, 9.17) is 0 Å². The average molecular weight is 342 g/mol. The quantitative estimate of drug-likeness (QED) is 0.902. The molecule has 0 aliphatic carbocycles. The summed E-state index contributed by atoms with van der Waals surface area (Å²) in [6, 6.07) is 10.0. The van der Waals surface area contributed by atoms with Gasteiger partial charge in [0.15, 0.2) is 0 Å². The van der Waals surface area contributed by atoms with Gasteiger partial charge < -0.3 is 10.6 Å². The first-order valence-electron chi connectivity index (χ1n) is 7.12. The standard InChI is InChI=1S/C16H19N3O.2ClH/c1-11-9-14(13-6-2-3-7-15(13)19-11)16(20)18-10-12-5-4-8-17-12;;/h2-3,6-7,9,12,17H,4-5,8,10H2,1H3,(H,18,20);2*1H. The Morgan fingerprint density at radius 3 is 2.86 bits per heavy atom. The third-order valence-electron chi connectivity index (χ3n) is 3.76. The number of carbonyl (C=O) groups excluding carboxylic acids is 1. The van der Waals surface area contributed by atoms with E-state index in [0.717, 1.165) is 29.6 Å². The molecule has 1 atom stereocenters. The molecule has 1 aliphatic rings. The second kappa shape index (κ2) is 8.32. The highest BCUT2D eigenvalue weighted by molar-refractivity contribution is 6.06. The number of benzene rings is 1. The van der Waals surface area contributed by atoms with Gasteiger partial charge in [0.2, 0.25) is 0 Å². The number of aromatic nitrogens is 1. The minimum Gasteiger partial charge on any atom is -0.350 e. The van der Waals surface area contributed by atoms with Crippen LogP contribution in [0.3, 0.4) is 0 Å². The first-order chi connectivity index (χ1) is 9.74. The molecule has 0 saturated carbocycles. The number of nitrogens with zero attached hydrogens (tertiary/aromatic N) is 1. The fourth-order valence-electron chi connectivity index (χ4n) is 2.74. The van der Waals surface area contributed by atoms with Gasteiger partial charge in [-0.15, -0.1) is 24.8 Å². The van der Waals surface area contributed by atoms with Crippen LogP contribution in [0.1, 0.15) is 28.9 Å². The van der Waals surface area contributed by atoms with Crippen LogP contribution < -0.4 is 10.6 Å². The van der Waals surface area contributed by atoms with Crippen LogP contribution in [0.5, 0.6) is 0 Å². The second-order valence-corrected chi connectivity index (χ2v) is 5.33. The Balaban J connectivity index is 0.00000121. The molecule has 1 amide bonds. The number of fused-ring (bicyclic) bond motifs is 1. The lowest BCUT2D eigenvalue weighted by Crippen LogP contribution is -2.37. The number of carbonyl (C=O) groups is 1. The normalized spacial score (nSPS) is 16.7. The van der Waals surface area contributed by atoms with E-state index >= 15 is 0 Å². The highest BCUT2D eigenvalue weighted by Gasteiger charge is 2.16. The summed E-state index contributed by atoms with van der Waals surface area (Å²) in [7, 11) is 0. The predicted molar refractivity (Wildman–Crippen MR) is 94.3 cm³/mol. The number of hydrogen-bond acceptors (Lipinski definition) is 3. The zero-order valence-electron chi connectivity index (χ0n) is 12.5. The van der Waals surface area contributed by atoms with Crippen molar-refractivity contribution in [2.45, 2.75) is 25.8 Å². The van der Waals surface area contributed by atoms with Gasteiger partial charge in [-0.1, -0.05) is 18.2 Å². The van der Waals surface area contributed by atoms with Crippen molar-refractivity contribution in [2.24, 2.45) is 0 Å². The third-order valence-corrected chi connectivity index (χ3v) is 3.76. The van der Waals surface area contributed by atoms with Crippen LogP contribution in [0.4, 0.5) is 0 Å². The Morgan fingerprint density at radius 1 is 1.36 bits per heavy atom. The second-order valence-electron chi connectivity index (χ2n) is 5.33. The van der Waals surface area contributed by atoms with E-state index < -0.39 is 0 Å². The maximum absolute atomic E-state index is 12.4. The van der Waals surface area contributed by atoms with Crippen molar-refractivity contribution in [3.8, 4) is 0 Å². The number of para-hydroxylation sites is 1. The molecule has 1 saturated heterocycles. The molecule has 2 N–H and O–H groups in total. The summed E-state index contributed by atoms with van der Waals surface area (Å²) >= 11 is 0. The molecule has 1 fully saturated rings.